The van der Waals surface area contributed by atoms with E-state index in [1.165, 1.54) is 6.08 Å². The van der Waals surface area contributed by atoms with Gasteiger partial charge in [-0.25, -0.2) is 0 Å². The predicted molar refractivity (Wildman–Crippen MR) is 84.8 cm³/mol. The summed E-state index contributed by atoms with van der Waals surface area (Å²) >= 11 is 3.38. The first kappa shape index (κ1) is 14.3. The molecule has 0 saturated carbocycles. The van der Waals surface area contributed by atoms with Crippen LogP contribution in [0.2, 0.25) is 0 Å². The molecule has 3 nitrogen and oxygen atoms in total. The van der Waals surface area contributed by atoms with Crippen molar-refractivity contribution in [3.63, 3.8) is 0 Å². The molecule has 1 N–H and O–H groups in total. The first-order valence-electron chi connectivity index (χ1n) is 6.06. The van der Waals surface area contributed by atoms with Crippen molar-refractivity contribution in [1.82, 2.24) is 0 Å². The van der Waals surface area contributed by atoms with Gasteiger partial charge in [0.15, 0.2) is 0 Å². The number of nitrogens with one attached hydrogen (secondary N) is 1. The minimum Gasteiger partial charge on any atom is -0.497 e. The van der Waals surface area contributed by atoms with Crippen LogP contribution in [0.1, 0.15) is 5.56 Å². The number of anilines is 1. The van der Waals surface area contributed by atoms with Gasteiger partial charge in [-0.15, -0.1) is 0 Å². The van der Waals surface area contributed by atoms with Crippen molar-refractivity contribution >= 4 is 33.6 Å². The average molecular weight is 332 g/mol. The van der Waals surface area contributed by atoms with Crippen LogP contribution in [0.4, 0.5) is 5.69 Å². The normalized spacial score (nSPS) is 10.5. The smallest absolute Gasteiger partial charge is 0.248 e. The molecule has 0 aliphatic heterocycles. The lowest BCUT2D eigenvalue weighted by Crippen LogP contribution is -2.07. The summed E-state index contributed by atoms with van der Waals surface area (Å²) in [6.07, 6.45) is 3.26. The molecule has 102 valence electrons. The Hall–Kier alpha value is -2.07. The molecule has 0 radical (unpaired) electrons. The van der Waals surface area contributed by atoms with Gasteiger partial charge < -0.3 is 10.1 Å². The highest BCUT2D eigenvalue weighted by Crippen LogP contribution is 2.21. The second-order valence-corrected chi connectivity index (χ2v) is 4.93. The zero-order valence-corrected chi connectivity index (χ0v) is 12.6. The highest BCUT2D eigenvalue weighted by Gasteiger charge is 2.01. The highest BCUT2D eigenvalue weighted by molar-refractivity contribution is 9.10. The van der Waals surface area contributed by atoms with Crippen molar-refractivity contribution in [2.45, 2.75) is 0 Å². The zero-order valence-electron chi connectivity index (χ0n) is 11.0. The standard InChI is InChI=1S/C16H14BrNO2/c1-20-13-9-6-12(7-10-13)8-11-16(19)18-15-5-3-2-4-14(15)17/h2-11H,1H3,(H,18,19). The summed E-state index contributed by atoms with van der Waals surface area (Å²) in [7, 11) is 1.62. The lowest BCUT2D eigenvalue weighted by atomic mass is 10.2. The van der Waals surface area contributed by atoms with Crippen LogP contribution < -0.4 is 10.1 Å². The minimum atomic E-state index is -0.173. The summed E-state index contributed by atoms with van der Waals surface area (Å²) in [5.41, 5.74) is 1.69. The van der Waals surface area contributed by atoms with E-state index in [9.17, 15) is 4.79 Å². The van der Waals surface area contributed by atoms with E-state index in [4.69, 9.17) is 4.74 Å². The Kier molecular flexibility index (Phi) is 4.96. The average Bonchev–Trinajstić information content (AvgIpc) is 2.48. The molecule has 0 atom stereocenters. The summed E-state index contributed by atoms with van der Waals surface area (Å²) in [6.45, 7) is 0. The Morgan fingerprint density at radius 1 is 1.15 bits per heavy atom. The molecule has 0 saturated heterocycles. The van der Waals surface area contributed by atoms with Gasteiger partial charge in [0, 0.05) is 10.5 Å². The molecule has 0 bridgehead atoms. The van der Waals surface area contributed by atoms with Crippen molar-refractivity contribution in [3.8, 4) is 5.75 Å². The van der Waals surface area contributed by atoms with Crippen LogP contribution in [0, 0.1) is 0 Å². The van der Waals surface area contributed by atoms with Crippen LogP contribution in [0.15, 0.2) is 59.1 Å². The van der Waals surface area contributed by atoms with E-state index in [0.29, 0.717) is 0 Å². The van der Waals surface area contributed by atoms with Gasteiger partial charge in [0.25, 0.3) is 0 Å². The topological polar surface area (TPSA) is 38.3 Å². The lowest BCUT2D eigenvalue weighted by Gasteiger charge is -2.04. The Morgan fingerprint density at radius 2 is 1.85 bits per heavy atom. The van der Waals surface area contributed by atoms with Crippen LogP contribution >= 0.6 is 15.9 Å². The molecule has 2 rings (SSSR count). The molecule has 0 aliphatic rings. The fourth-order valence-electron chi connectivity index (χ4n) is 1.62. The van der Waals surface area contributed by atoms with Crippen molar-refractivity contribution in [1.29, 1.82) is 0 Å². The van der Waals surface area contributed by atoms with E-state index < -0.39 is 0 Å². The van der Waals surface area contributed by atoms with Crippen molar-refractivity contribution in [3.05, 3.63) is 64.6 Å². The molecule has 0 aromatic heterocycles. The van der Waals surface area contributed by atoms with E-state index in [2.05, 4.69) is 21.2 Å². The quantitative estimate of drug-likeness (QED) is 0.856. The number of carbonyl (C=O) groups excluding carboxylic acids is 1. The molecule has 0 unspecified atom stereocenters. The van der Waals surface area contributed by atoms with Crippen molar-refractivity contribution in [2.24, 2.45) is 0 Å². The van der Waals surface area contributed by atoms with Gasteiger partial charge in [0.05, 0.1) is 12.8 Å². The number of carbonyl (C=O) groups is 1. The van der Waals surface area contributed by atoms with Gasteiger partial charge in [0.2, 0.25) is 5.91 Å². The lowest BCUT2D eigenvalue weighted by molar-refractivity contribution is -0.111. The van der Waals surface area contributed by atoms with Crippen LogP contribution in [-0.4, -0.2) is 13.0 Å². The minimum absolute atomic E-state index is 0.173. The van der Waals surface area contributed by atoms with Gasteiger partial charge in [-0.1, -0.05) is 24.3 Å². The Labute approximate surface area is 126 Å². The van der Waals surface area contributed by atoms with E-state index in [-0.39, 0.29) is 5.91 Å². The van der Waals surface area contributed by atoms with E-state index >= 15 is 0 Å². The van der Waals surface area contributed by atoms with Gasteiger partial charge in [0.1, 0.15) is 5.75 Å². The maximum atomic E-state index is 11.8. The fraction of sp³-hybridized carbons (Fsp3) is 0.0625. The molecule has 4 heteroatoms. The number of benzene rings is 2. The maximum Gasteiger partial charge on any atom is 0.248 e. The SMILES string of the molecule is COc1ccc(C=CC(=O)Nc2ccccc2Br)cc1. The second kappa shape index (κ2) is 6.91. The molecule has 20 heavy (non-hydrogen) atoms. The molecule has 0 fully saturated rings. The van der Waals surface area contributed by atoms with Crippen LogP contribution in [0.5, 0.6) is 5.75 Å². The Bertz CT molecular complexity index is 621. The molecular weight excluding hydrogens is 318 g/mol. The third-order valence-corrected chi connectivity index (χ3v) is 3.37. The van der Waals surface area contributed by atoms with Crippen molar-refractivity contribution in [2.75, 3.05) is 12.4 Å². The first-order valence-corrected chi connectivity index (χ1v) is 6.86. The number of hydrogen-bond donors (Lipinski definition) is 1. The molecule has 2 aromatic carbocycles. The molecular formula is C16H14BrNO2. The largest absolute Gasteiger partial charge is 0.497 e. The van der Waals surface area contributed by atoms with Gasteiger partial charge in [-0.05, 0) is 51.8 Å². The summed E-state index contributed by atoms with van der Waals surface area (Å²) in [4.78, 5) is 11.8. The first-order chi connectivity index (χ1) is 9.69. The van der Waals surface area contributed by atoms with Crippen molar-refractivity contribution < 1.29 is 9.53 Å². The summed E-state index contributed by atoms with van der Waals surface area (Å²) in [6, 6.07) is 15.0. The third-order valence-electron chi connectivity index (χ3n) is 2.67. The fourth-order valence-corrected chi connectivity index (χ4v) is 2.01. The summed E-state index contributed by atoms with van der Waals surface area (Å²) < 4.78 is 5.93. The third kappa shape index (κ3) is 3.96. The summed E-state index contributed by atoms with van der Waals surface area (Å²) in [5.74, 6) is 0.618. The molecule has 0 heterocycles. The van der Waals surface area contributed by atoms with E-state index in [1.807, 2.05) is 48.5 Å². The monoisotopic (exact) mass is 331 g/mol. The molecule has 0 spiro atoms. The predicted octanol–water partition coefficient (Wildman–Crippen LogP) is 4.11. The number of para-hydroxylation sites is 1. The number of rotatable bonds is 4. The van der Waals surface area contributed by atoms with Gasteiger partial charge >= 0.3 is 0 Å². The maximum absolute atomic E-state index is 11.8. The van der Waals surface area contributed by atoms with Gasteiger partial charge in [-0.2, -0.15) is 0 Å². The highest BCUT2D eigenvalue weighted by atomic mass is 79.9. The number of ether oxygens (including phenoxy) is 1. The van der Waals surface area contributed by atoms with Crippen LogP contribution in [-0.2, 0) is 4.79 Å². The van der Waals surface area contributed by atoms with Gasteiger partial charge in [-0.3, -0.25) is 4.79 Å². The zero-order chi connectivity index (χ0) is 14.4. The van der Waals surface area contributed by atoms with E-state index in [0.717, 1.165) is 21.5 Å². The second-order valence-electron chi connectivity index (χ2n) is 4.08. The van der Waals surface area contributed by atoms with Crippen LogP contribution in [0.3, 0.4) is 0 Å². The number of amides is 1. The number of hydrogen-bond acceptors (Lipinski definition) is 2. The molecule has 2 aromatic rings. The van der Waals surface area contributed by atoms with Crippen LogP contribution in [0.25, 0.3) is 6.08 Å². The number of halogens is 1. The molecule has 1 amide bonds. The Morgan fingerprint density at radius 3 is 2.50 bits per heavy atom. The van der Waals surface area contributed by atoms with E-state index in [1.54, 1.807) is 13.2 Å². The molecule has 0 aliphatic carbocycles. The number of methoxy groups -OCH3 is 1. The Balaban J connectivity index is 2.00. The summed E-state index contributed by atoms with van der Waals surface area (Å²) in [5, 5.41) is 2.81.